The zero-order chi connectivity index (χ0) is 23.5. The van der Waals surface area contributed by atoms with Gasteiger partial charge in [-0.1, -0.05) is 35.9 Å². The molecule has 0 saturated heterocycles. The molecular formula is C26H22N4O4. The number of rotatable bonds is 6. The van der Waals surface area contributed by atoms with Gasteiger partial charge in [-0.3, -0.25) is 9.59 Å². The predicted octanol–water partition coefficient (Wildman–Crippen LogP) is 4.34. The zero-order valence-corrected chi connectivity index (χ0v) is 18.4. The summed E-state index contributed by atoms with van der Waals surface area (Å²) in [6, 6.07) is 20.2. The van der Waals surface area contributed by atoms with Crippen molar-refractivity contribution in [2.75, 3.05) is 17.4 Å². The number of hydrogen-bond acceptors (Lipinski definition) is 5. The second-order valence-electron chi connectivity index (χ2n) is 7.96. The van der Waals surface area contributed by atoms with E-state index < -0.39 is 0 Å². The van der Waals surface area contributed by atoms with Crippen LogP contribution < -0.4 is 20.1 Å². The number of carbonyl (C=O) groups is 2. The fourth-order valence-electron chi connectivity index (χ4n) is 3.71. The summed E-state index contributed by atoms with van der Waals surface area (Å²) in [4.78, 5) is 25.2. The molecule has 0 saturated carbocycles. The minimum Gasteiger partial charge on any atom is -0.454 e. The van der Waals surface area contributed by atoms with Crippen molar-refractivity contribution in [3.8, 4) is 17.2 Å². The van der Waals surface area contributed by atoms with Crippen LogP contribution in [0.3, 0.4) is 0 Å². The van der Waals surface area contributed by atoms with Gasteiger partial charge in [-0.2, -0.15) is 5.10 Å². The van der Waals surface area contributed by atoms with Crippen molar-refractivity contribution < 1.29 is 19.1 Å². The standard InChI is InChI=1S/C26H22N4O4/c1-17-4-2-5-18(10-17)11-25(31)28-21-14-27-30(15-21)22-7-3-6-19(12-22)26(32)29-20-8-9-23-24(13-20)34-16-33-23/h2-10,12-15H,11,16H2,1H3,(H,28,31)(H,29,32). The lowest BCUT2D eigenvalue weighted by Gasteiger charge is -2.08. The fraction of sp³-hybridized carbons (Fsp3) is 0.115. The Bertz CT molecular complexity index is 1380. The van der Waals surface area contributed by atoms with Crippen LogP contribution in [0.5, 0.6) is 11.5 Å². The molecule has 8 nitrogen and oxygen atoms in total. The summed E-state index contributed by atoms with van der Waals surface area (Å²) in [5.74, 6) is 0.863. The van der Waals surface area contributed by atoms with Crippen LogP contribution in [0.15, 0.2) is 79.1 Å². The van der Waals surface area contributed by atoms with Crippen LogP contribution in [0.4, 0.5) is 11.4 Å². The highest BCUT2D eigenvalue weighted by atomic mass is 16.7. The maximum absolute atomic E-state index is 12.8. The molecule has 170 valence electrons. The van der Waals surface area contributed by atoms with E-state index in [4.69, 9.17) is 9.47 Å². The lowest BCUT2D eigenvalue weighted by molar-refractivity contribution is -0.115. The molecule has 34 heavy (non-hydrogen) atoms. The van der Waals surface area contributed by atoms with Gasteiger partial charge in [0, 0.05) is 17.3 Å². The van der Waals surface area contributed by atoms with Gasteiger partial charge in [0.2, 0.25) is 12.7 Å². The smallest absolute Gasteiger partial charge is 0.255 e. The van der Waals surface area contributed by atoms with Gasteiger partial charge >= 0.3 is 0 Å². The number of hydrogen-bond donors (Lipinski definition) is 2. The van der Waals surface area contributed by atoms with Crippen molar-refractivity contribution in [2.24, 2.45) is 0 Å². The molecule has 8 heteroatoms. The third-order valence-corrected chi connectivity index (χ3v) is 5.32. The molecule has 1 aromatic heterocycles. The predicted molar refractivity (Wildman–Crippen MR) is 128 cm³/mol. The van der Waals surface area contributed by atoms with Crippen molar-refractivity contribution in [3.63, 3.8) is 0 Å². The monoisotopic (exact) mass is 454 g/mol. The van der Waals surface area contributed by atoms with Crippen LogP contribution in [-0.4, -0.2) is 28.4 Å². The molecule has 2 amide bonds. The molecule has 0 fully saturated rings. The van der Waals surface area contributed by atoms with E-state index in [1.807, 2.05) is 37.3 Å². The van der Waals surface area contributed by atoms with E-state index in [9.17, 15) is 9.59 Å². The van der Waals surface area contributed by atoms with Gasteiger partial charge in [0.1, 0.15) is 0 Å². The van der Waals surface area contributed by atoms with Gasteiger partial charge in [0.25, 0.3) is 5.91 Å². The van der Waals surface area contributed by atoms with Gasteiger partial charge in [0.15, 0.2) is 11.5 Å². The minimum absolute atomic E-state index is 0.123. The van der Waals surface area contributed by atoms with Crippen LogP contribution in [0.1, 0.15) is 21.5 Å². The van der Waals surface area contributed by atoms with Gasteiger partial charge in [-0.05, 0) is 42.8 Å². The average Bonchev–Trinajstić information content (AvgIpc) is 3.48. The highest BCUT2D eigenvalue weighted by molar-refractivity contribution is 6.04. The van der Waals surface area contributed by atoms with Crippen molar-refractivity contribution in [3.05, 3.63) is 95.8 Å². The SMILES string of the molecule is Cc1cccc(CC(=O)Nc2cnn(-c3cccc(C(=O)Nc4ccc5c(c4)OCO5)c3)c2)c1. The third-order valence-electron chi connectivity index (χ3n) is 5.32. The van der Waals surface area contributed by atoms with E-state index in [0.29, 0.717) is 34.1 Å². The molecule has 0 atom stereocenters. The van der Waals surface area contributed by atoms with E-state index in [0.717, 1.165) is 11.1 Å². The molecule has 1 aliphatic heterocycles. The number of carbonyl (C=O) groups excluding carboxylic acids is 2. The Balaban J connectivity index is 1.25. The van der Waals surface area contributed by atoms with Crippen LogP contribution in [0, 0.1) is 6.92 Å². The third kappa shape index (κ3) is 4.75. The van der Waals surface area contributed by atoms with Crippen molar-refractivity contribution >= 4 is 23.2 Å². The van der Waals surface area contributed by atoms with E-state index in [1.165, 1.54) is 0 Å². The first-order valence-corrected chi connectivity index (χ1v) is 10.7. The van der Waals surface area contributed by atoms with E-state index in [-0.39, 0.29) is 25.0 Å². The number of aryl methyl sites for hydroxylation is 1. The average molecular weight is 454 g/mol. The molecule has 2 N–H and O–H groups in total. The molecule has 4 aromatic rings. The molecule has 2 heterocycles. The second-order valence-corrected chi connectivity index (χ2v) is 7.96. The molecule has 0 aliphatic carbocycles. The van der Waals surface area contributed by atoms with Crippen molar-refractivity contribution in [2.45, 2.75) is 13.3 Å². The first-order chi connectivity index (χ1) is 16.5. The molecule has 5 rings (SSSR count). The highest BCUT2D eigenvalue weighted by Gasteiger charge is 2.15. The first-order valence-electron chi connectivity index (χ1n) is 10.7. The Labute approximate surface area is 196 Å². The molecule has 0 radical (unpaired) electrons. The fourth-order valence-corrected chi connectivity index (χ4v) is 3.71. The maximum Gasteiger partial charge on any atom is 0.255 e. The van der Waals surface area contributed by atoms with Crippen molar-refractivity contribution in [1.29, 1.82) is 0 Å². The Morgan fingerprint density at radius 1 is 0.941 bits per heavy atom. The number of ether oxygens (including phenoxy) is 2. The summed E-state index contributed by atoms with van der Waals surface area (Å²) >= 11 is 0. The van der Waals surface area contributed by atoms with Crippen LogP contribution in [0.25, 0.3) is 5.69 Å². The molecule has 3 aromatic carbocycles. The van der Waals surface area contributed by atoms with Crippen LogP contribution >= 0.6 is 0 Å². The largest absolute Gasteiger partial charge is 0.454 e. The number of nitrogens with zero attached hydrogens (tertiary/aromatic N) is 2. The Hall–Kier alpha value is -4.59. The van der Waals surface area contributed by atoms with Gasteiger partial charge in [-0.15, -0.1) is 0 Å². The molecule has 0 unspecified atom stereocenters. The number of benzene rings is 3. The Morgan fingerprint density at radius 3 is 2.68 bits per heavy atom. The minimum atomic E-state index is -0.264. The number of aromatic nitrogens is 2. The summed E-state index contributed by atoms with van der Waals surface area (Å²) in [5.41, 5.74) is 4.41. The lowest BCUT2D eigenvalue weighted by atomic mass is 10.1. The molecule has 1 aliphatic rings. The molecular weight excluding hydrogens is 432 g/mol. The van der Waals surface area contributed by atoms with Gasteiger partial charge in [0.05, 0.1) is 30.2 Å². The highest BCUT2D eigenvalue weighted by Crippen LogP contribution is 2.34. The number of amides is 2. The normalized spacial score (nSPS) is 11.8. The number of fused-ring (bicyclic) bond motifs is 1. The quantitative estimate of drug-likeness (QED) is 0.452. The number of anilines is 2. The van der Waals surface area contributed by atoms with Crippen LogP contribution in [-0.2, 0) is 11.2 Å². The van der Waals surface area contributed by atoms with Crippen molar-refractivity contribution in [1.82, 2.24) is 9.78 Å². The summed E-state index contributed by atoms with van der Waals surface area (Å²) < 4.78 is 12.3. The second kappa shape index (κ2) is 9.11. The van der Waals surface area contributed by atoms with E-state index in [1.54, 1.807) is 53.5 Å². The summed E-state index contributed by atoms with van der Waals surface area (Å²) in [6.45, 7) is 2.17. The first kappa shape index (κ1) is 21.3. The molecule has 0 spiro atoms. The lowest BCUT2D eigenvalue weighted by Crippen LogP contribution is -2.14. The Morgan fingerprint density at radius 2 is 1.79 bits per heavy atom. The van der Waals surface area contributed by atoms with Gasteiger partial charge < -0.3 is 20.1 Å². The Kier molecular flexibility index (Phi) is 5.70. The topological polar surface area (TPSA) is 94.5 Å². The summed E-state index contributed by atoms with van der Waals surface area (Å²) in [5, 5.41) is 10.1. The number of nitrogens with one attached hydrogen (secondary N) is 2. The van der Waals surface area contributed by atoms with Gasteiger partial charge in [-0.25, -0.2) is 4.68 Å². The maximum atomic E-state index is 12.8. The molecule has 0 bridgehead atoms. The zero-order valence-electron chi connectivity index (χ0n) is 18.4. The van der Waals surface area contributed by atoms with E-state index >= 15 is 0 Å². The summed E-state index contributed by atoms with van der Waals surface area (Å²) in [6.07, 6.45) is 3.57. The summed E-state index contributed by atoms with van der Waals surface area (Å²) in [7, 11) is 0. The van der Waals surface area contributed by atoms with E-state index in [2.05, 4.69) is 15.7 Å². The van der Waals surface area contributed by atoms with Crippen LogP contribution in [0.2, 0.25) is 0 Å².